The zero-order valence-corrected chi connectivity index (χ0v) is 9.95. The summed E-state index contributed by atoms with van der Waals surface area (Å²) in [4.78, 5) is 2.37. The second-order valence-corrected chi connectivity index (χ2v) is 4.51. The van der Waals surface area contributed by atoms with Crippen molar-refractivity contribution in [3.63, 3.8) is 0 Å². The number of hydrogen-bond donors (Lipinski definition) is 1. The van der Waals surface area contributed by atoms with Gasteiger partial charge in [-0.2, -0.15) is 0 Å². The van der Waals surface area contributed by atoms with E-state index in [-0.39, 0.29) is 0 Å². The van der Waals surface area contributed by atoms with E-state index in [9.17, 15) is 0 Å². The van der Waals surface area contributed by atoms with Gasteiger partial charge in [0.1, 0.15) is 0 Å². The summed E-state index contributed by atoms with van der Waals surface area (Å²) in [5.41, 5.74) is 0. The quantitative estimate of drug-likeness (QED) is 0.625. The molecule has 1 aliphatic heterocycles. The van der Waals surface area contributed by atoms with Crippen LogP contribution in [0.1, 0.15) is 38.5 Å². The fraction of sp³-hybridized carbons (Fsp3) is 1.00. The van der Waals surface area contributed by atoms with E-state index in [1.807, 2.05) is 0 Å². The Morgan fingerprint density at radius 1 is 1.27 bits per heavy atom. The highest BCUT2D eigenvalue weighted by molar-refractivity contribution is 4.66. The Balaban J connectivity index is 1.90. The molecule has 0 bridgehead atoms. The first-order valence-electron chi connectivity index (χ1n) is 6.24. The van der Waals surface area contributed by atoms with Crippen LogP contribution in [0, 0.1) is 0 Å². The fourth-order valence-corrected chi connectivity index (χ4v) is 2.02. The van der Waals surface area contributed by atoms with E-state index >= 15 is 0 Å². The van der Waals surface area contributed by atoms with Crippen molar-refractivity contribution in [3.8, 4) is 0 Å². The molecule has 0 spiro atoms. The average Bonchev–Trinajstić information content (AvgIpc) is 2.74. The van der Waals surface area contributed by atoms with Gasteiger partial charge in [0.15, 0.2) is 0 Å². The third-order valence-electron chi connectivity index (χ3n) is 3.05. The molecule has 1 unspecified atom stereocenters. The lowest BCUT2D eigenvalue weighted by Gasteiger charge is -2.18. The SMILES string of the molecule is CN(CCCCCO)CCC1CCCO1. The summed E-state index contributed by atoms with van der Waals surface area (Å²) >= 11 is 0. The predicted molar refractivity (Wildman–Crippen MR) is 62.0 cm³/mol. The summed E-state index contributed by atoms with van der Waals surface area (Å²) in [7, 11) is 2.17. The van der Waals surface area contributed by atoms with E-state index in [1.165, 1.54) is 25.7 Å². The maximum Gasteiger partial charge on any atom is 0.0588 e. The number of rotatable bonds is 8. The van der Waals surface area contributed by atoms with E-state index in [0.29, 0.717) is 12.7 Å². The number of aliphatic hydroxyl groups excluding tert-OH is 1. The summed E-state index contributed by atoms with van der Waals surface area (Å²) in [5.74, 6) is 0. The van der Waals surface area contributed by atoms with Crippen molar-refractivity contribution in [1.82, 2.24) is 4.90 Å². The normalized spacial score (nSPS) is 21.4. The molecule has 1 fully saturated rings. The molecule has 0 aromatic carbocycles. The van der Waals surface area contributed by atoms with Gasteiger partial charge in [-0.25, -0.2) is 0 Å². The molecule has 1 N–H and O–H groups in total. The van der Waals surface area contributed by atoms with Gasteiger partial charge in [-0.05, 0) is 52.1 Å². The molecule has 15 heavy (non-hydrogen) atoms. The Labute approximate surface area is 93.4 Å². The fourth-order valence-electron chi connectivity index (χ4n) is 2.02. The minimum absolute atomic E-state index is 0.333. The maximum atomic E-state index is 8.65. The first-order valence-corrected chi connectivity index (χ1v) is 6.24. The summed E-state index contributed by atoms with van der Waals surface area (Å²) in [6.45, 7) is 3.58. The Hall–Kier alpha value is -0.120. The summed E-state index contributed by atoms with van der Waals surface area (Å²) in [6, 6.07) is 0. The molecule has 1 rings (SSSR count). The molecular formula is C12H25NO2. The molecule has 0 aromatic heterocycles. The summed E-state index contributed by atoms with van der Waals surface area (Å²) < 4.78 is 5.59. The number of unbranched alkanes of at least 4 members (excludes halogenated alkanes) is 2. The van der Waals surface area contributed by atoms with Gasteiger partial charge in [-0.3, -0.25) is 0 Å². The standard InChI is InChI=1S/C12H25NO2/c1-13(8-3-2-4-10-14)9-7-12-6-5-11-15-12/h12,14H,2-11H2,1H3. The van der Waals surface area contributed by atoms with Crippen molar-refractivity contribution < 1.29 is 9.84 Å². The zero-order chi connectivity index (χ0) is 10.9. The first kappa shape index (κ1) is 12.9. The Kier molecular flexibility index (Phi) is 6.98. The molecule has 0 aliphatic carbocycles. The highest BCUT2D eigenvalue weighted by Gasteiger charge is 2.15. The van der Waals surface area contributed by atoms with Crippen molar-refractivity contribution in [2.75, 3.05) is 33.4 Å². The Morgan fingerprint density at radius 2 is 2.13 bits per heavy atom. The number of hydrogen-bond acceptors (Lipinski definition) is 3. The van der Waals surface area contributed by atoms with Crippen LogP contribution < -0.4 is 0 Å². The average molecular weight is 215 g/mol. The molecule has 0 aromatic rings. The van der Waals surface area contributed by atoms with E-state index in [2.05, 4.69) is 11.9 Å². The lowest BCUT2D eigenvalue weighted by molar-refractivity contribution is 0.0948. The Morgan fingerprint density at radius 3 is 2.80 bits per heavy atom. The number of nitrogens with zero attached hydrogens (tertiary/aromatic N) is 1. The molecule has 3 heteroatoms. The number of aliphatic hydroxyl groups is 1. The van der Waals surface area contributed by atoms with E-state index in [0.717, 1.165) is 32.5 Å². The van der Waals surface area contributed by atoms with E-state index in [4.69, 9.17) is 9.84 Å². The molecule has 1 saturated heterocycles. The lowest BCUT2D eigenvalue weighted by Crippen LogP contribution is -2.24. The molecular weight excluding hydrogens is 190 g/mol. The minimum Gasteiger partial charge on any atom is -0.396 e. The lowest BCUT2D eigenvalue weighted by atomic mass is 10.1. The first-order chi connectivity index (χ1) is 7.33. The van der Waals surface area contributed by atoms with Crippen LogP contribution in [-0.4, -0.2) is 49.5 Å². The topological polar surface area (TPSA) is 32.7 Å². The van der Waals surface area contributed by atoms with Gasteiger partial charge in [0.05, 0.1) is 6.10 Å². The molecule has 3 nitrogen and oxygen atoms in total. The minimum atomic E-state index is 0.333. The van der Waals surface area contributed by atoms with Gasteiger partial charge in [-0.1, -0.05) is 0 Å². The third-order valence-corrected chi connectivity index (χ3v) is 3.05. The predicted octanol–water partition coefficient (Wildman–Crippen LogP) is 1.65. The second-order valence-electron chi connectivity index (χ2n) is 4.51. The van der Waals surface area contributed by atoms with Gasteiger partial charge >= 0.3 is 0 Å². The van der Waals surface area contributed by atoms with Crippen LogP contribution in [0.5, 0.6) is 0 Å². The van der Waals surface area contributed by atoms with Crippen molar-refractivity contribution in [2.24, 2.45) is 0 Å². The molecule has 1 aliphatic rings. The molecule has 0 radical (unpaired) electrons. The van der Waals surface area contributed by atoms with Crippen LogP contribution in [0.3, 0.4) is 0 Å². The third kappa shape index (κ3) is 6.13. The van der Waals surface area contributed by atoms with Crippen molar-refractivity contribution in [2.45, 2.75) is 44.6 Å². The smallest absolute Gasteiger partial charge is 0.0588 e. The summed E-state index contributed by atoms with van der Waals surface area (Å²) in [5, 5.41) is 8.65. The molecule has 0 saturated carbocycles. The van der Waals surface area contributed by atoms with Gasteiger partial charge in [0.25, 0.3) is 0 Å². The highest BCUT2D eigenvalue weighted by atomic mass is 16.5. The van der Waals surface area contributed by atoms with Gasteiger partial charge < -0.3 is 14.7 Å². The molecule has 0 amide bonds. The Bertz CT molecular complexity index is 147. The van der Waals surface area contributed by atoms with E-state index < -0.39 is 0 Å². The molecule has 1 heterocycles. The van der Waals surface area contributed by atoms with Crippen LogP contribution in [0.25, 0.3) is 0 Å². The van der Waals surface area contributed by atoms with Crippen LogP contribution in [0.4, 0.5) is 0 Å². The van der Waals surface area contributed by atoms with Gasteiger partial charge in [0.2, 0.25) is 0 Å². The largest absolute Gasteiger partial charge is 0.396 e. The van der Waals surface area contributed by atoms with Crippen molar-refractivity contribution in [1.29, 1.82) is 0 Å². The van der Waals surface area contributed by atoms with E-state index in [1.54, 1.807) is 0 Å². The van der Waals surface area contributed by atoms with Crippen LogP contribution in [0.15, 0.2) is 0 Å². The summed E-state index contributed by atoms with van der Waals surface area (Å²) in [6.07, 6.45) is 7.47. The molecule has 1 atom stereocenters. The van der Waals surface area contributed by atoms with Crippen molar-refractivity contribution in [3.05, 3.63) is 0 Å². The second kappa shape index (κ2) is 8.08. The van der Waals surface area contributed by atoms with Gasteiger partial charge in [0, 0.05) is 19.8 Å². The van der Waals surface area contributed by atoms with Gasteiger partial charge in [-0.15, -0.1) is 0 Å². The van der Waals surface area contributed by atoms with Crippen LogP contribution >= 0.6 is 0 Å². The monoisotopic (exact) mass is 215 g/mol. The van der Waals surface area contributed by atoms with Crippen molar-refractivity contribution >= 4 is 0 Å². The number of ether oxygens (including phenoxy) is 1. The highest BCUT2D eigenvalue weighted by Crippen LogP contribution is 2.15. The maximum absolute atomic E-state index is 8.65. The molecule has 90 valence electrons. The zero-order valence-electron chi connectivity index (χ0n) is 9.95. The van der Waals surface area contributed by atoms with Crippen LogP contribution in [0.2, 0.25) is 0 Å². The van der Waals surface area contributed by atoms with Crippen LogP contribution in [-0.2, 0) is 4.74 Å².